The van der Waals surface area contributed by atoms with E-state index in [4.69, 9.17) is 9.47 Å². The van der Waals surface area contributed by atoms with Crippen molar-refractivity contribution in [3.63, 3.8) is 0 Å². The van der Waals surface area contributed by atoms with Gasteiger partial charge >= 0.3 is 0 Å². The quantitative estimate of drug-likeness (QED) is 0.522. The monoisotopic (exact) mass is 476 g/mol. The minimum atomic E-state index is -0.320. The predicted molar refractivity (Wildman–Crippen MR) is 132 cm³/mol. The van der Waals surface area contributed by atoms with Gasteiger partial charge in [0.1, 0.15) is 13.2 Å². The molecule has 0 radical (unpaired) electrons. The van der Waals surface area contributed by atoms with Gasteiger partial charge in [-0.25, -0.2) is 0 Å². The molecule has 0 aliphatic carbocycles. The van der Waals surface area contributed by atoms with Crippen LogP contribution >= 0.6 is 11.3 Å². The molecule has 3 aromatic rings. The fourth-order valence-corrected chi connectivity index (χ4v) is 5.65. The first-order valence-corrected chi connectivity index (χ1v) is 12.4. The van der Waals surface area contributed by atoms with Crippen LogP contribution in [0.5, 0.6) is 11.5 Å². The fraction of sp³-hybridized carbons (Fsp3) is 0.333. The molecule has 1 saturated heterocycles. The zero-order chi connectivity index (χ0) is 23.7. The number of nitrogens with zero attached hydrogens (tertiary/aromatic N) is 2. The molecule has 6 nitrogen and oxygen atoms in total. The van der Waals surface area contributed by atoms with Crippen molar-refractivity contribution in [3.8, 4) is 11.5 Å². The van der Waals surface area contributed by atoms with Crippen molar-refractivity contribution in [1.82, 2.24) is 4.90 Å². The number of benzene rings is 2. The standard InChI is InChI=1S/C27H28N2O4S/c1-18-5-8-20(9-6-18)29-25(30)12-10-21(26(29)24-4-3-15-34-24)27(31)28(2)17-19-7-11-22-23(16-19)33-14-13-32-22/h3-9,11,15-16,21,26H,10,12-14,17H2,1-2H3. The maximum atomic E-state index is 13.8. The molecule has 1 aromatic heterocycles. The number of hydrogen-bond donors (Lipinski definition) is 0. The van der Waals surface area contributed by atoms with Gasteiger partial charge in [-0.3, -0.25) is 9.59 Å². The van der Waals surface area contributed by atoms with Gasteiger partial charge in [0.25, 0.3) is 0 Å². The first-order chi connectivity index (χ1) is 16.5. The number of carbonyl (C=O) groups excluding carboxylic acids is 2. The van der Waals surface area contributed by atoms with Crippen molar-refractivity contribution >= 4 is 28.8 Å². The summed E-state index contributed by atoms with van der Waals surface area (Å²) in [5, 5.41) is 2.00. The Balaban J connectivity index is 1.42. The Morgan fingerprint density at radius 3 is 2.59 bits per heavy atom. The van der Waals surface area contributed by atoms with E-state index in [9.17, 15) is 9.59 Å². The summed E-state index contributed by atoms with van der Waals surface area (Å²) >= 11 is 1.59. The Morgan fingerprint density at radius 1 is 1.09 bits per heavy atom. The molecule has 176 valence electrons. The molecule has 0 saturated carbocycles. The highest BCUT2D eigenvalue weighted by Gasteiger charge is 2.42. The average Bonchev–Trinajstić information content (AvgIpc) is 3.39. The van der Waals surface area contributed by atoms with Gasteiger partial charge in [-0.15, -0.1) is 11.3 Å². The predicted octanol–water partition coefficient (Wildman–Crippen LogP) is 4.97. The topological polar surface area (TPSA) is 59.1 Å². The molecule has 2 aliphatic heterocycles. The molecule has 2 amide bonds. The van der Waals surface area contributed by atoms with E-state index < -0.39 is 0 Å². The number of hydrogen-bond acceptors (Lipinski definition) is 5. The van der Waals surface area contributed by atoms with Crippen molar-refractivity contribution < 1.29 is 19.1 Å². The molecule has 1 fully saturated rings. The smallest absolute Gasteiger partial charge is 0.228 e. The summed E-state index contributed by atoms with van der Waals surface area (Å²) in [7, 11) is 1.83. The van der Waals surface area contributed by atoms with Crippen LogP contribution in [0.25, 0.3) is 0 Å². The molecule has 5 rings (SSSR count). The molecular formula is C27H28N2O4S. The van der Waals surface area contributed by atoms with Crippen LogP contribution in [0.15, 0.2) is 60.0 Å². The van der Waals surface area contributed by atoms with Crippen molar-refractivity contribution in [2.75, 3.05) is 25.2 Å². The second kappa shape index (κ2) is 9.50. The molecule has 2 unspecified atom stereocenters. The Labute approximate surface area is 203 Å². The molecule has 0 N–H and O–H groups in total. The number of aryl methyl sites for hydroxylation is 1. The van der Waals surface area contributed by atoms with Crippen LogP contribution in [0, 0.1) is 12.8 Å². The lowest BCUT2D eigenvalue weighted by atomic mass is 9.86. The average molecular weight is 477 g/mol. The number of ether oxygens (including phenoxy) is 2. The van der Waals surface area contributed by atoms with Gasteiger partial charge in [-0.05, 0) is 54.6 Å². The number of piperidine rings is 1. The third kappa shape index (κ3) is 4.40. The van der Waals surface area contributed by atoms with Crippen LogP contribution in [0.3, 0.4) is 0 Å². The van der Waals surface area contributed by atoms with E-state index in [-0.39, 0.29) is 23.8 Å². The third-order valence-corrected chi connectivity index (χ3v) is 7.41. The molecule has 34 heavy (non-hydrogen) atoms. The number of rotatable bonds is 5. The van der Waals surface area contributed by atoms with Gasteiger partial charge in [0, 0.05) is 30.6 Å². The maximum Gasteiger partial charge on any atom is 0.228 e. The molecular weight excluding hydrogens is 448 g/mol. The molecule has 7 heteroatoms. The van der Waals surface area contributed by atoms with E-state index in [1.54, 1.807) is 16.2 Å². The summed E-state index contributed by atoms with van der Waals surface area (Å²) < 4.78 is 11.3. The van der Waals surface area contributed by atoms with Crippen LogP contribution in [-0.4, -0.2) is 37.0 Å². The lowest BCUT2D eigenvalue weighted by molar-refractivity contribution is -0.137. The van der Waals surface area contributed by atoms with Crippen LogP contribution < -0.4 is 14.4 Å². The van der Waals surface area contributed by atoms with Crippen molar-refractivity contribution in [2.24, 2.45) is 5.92 Å². The highest BCUT2D eigenvalue weighted by molar-refractivity contribution is 7.10. The Morgan fingerprint density at radius 2 is 1.85 bits per heavy atom. The largest absolute Gasteiger partial charge is 0.486 e. The summed E-state index contributed by atoms with van der Waals surface area (Å²) in [5.74, 6) is 1.23. The van der Waals surface area contributed by atoms with Gasteiger partial charge in [-0.1, -0.05) is 29.8 Å². The van der Waals surface area contributed by atoms with E-state index in [0.717, 1.165) is 33.2 Å². The van der Waals surface area contributed by atoms with Gasteiger partial charge in [-0.2, -0.15) is 0 Å². The number of fused-ring (bicyclic) bond motifs is 1. The molecule has 3 heterocycles. The van der Waals surface area contributed by atoms with Crippen molar-refractivity contribution in [1.29, 1.82) is 0 Å². The summed E-state index contributed by atoms with van der Waals surface area (Å²) in [6, 6.07) is 17.5. The molecule has 2 aromatic carbocycles. The second-order valence-corrected chi connectivity index (χ2v) is 9.86. The number of amides is 2. The van der Waals surface area contributed by atoms with Crippen LogP contribution in [0.1, 0.15) is 34.9 Å². The number of thiophene rings is 1. The van der Waals surface area contributed by atoms with Crippen molar-refractivity contribution in [3.05, 3.63) is 76.0 Å². The van der Waals surface area contributed by atoms with Crippen LogP contribution in [0.4, 0.5) is 5.69 Å². The Kier molecular flexibility index (Phi) is 6.28. The highest BCUT2D eigenvalue weighted by Crippen LogP contribution is 2.42. The van der Waals surface area contributed by atoms with Gasteiger partial charge in [0.2, 0.25) is 11.8 Å². The van der Waals surface area contributed by atoms with Gasteiger partial charge in [0.05, 0.1) is 12.0 Å². The SMILES string of the molecule is Cc1ccc(N2C(=O)CCC(C(=O)N(C)Cc3ccc4c(c3)OCCO4)C2c2cccs2)cc1. The van der Waals surface area contributed by atoms with E-state index in [2.05, 4.69) is 0 Å². The summed E-state index contributed by atoms with van der Waals surface area (Å²) in [4.78, 5) is 31.5. The summed E-state index contributed by atoms with van der Waals surface area (Å²) in [6.07, 6.45) is 0.887. The maximum absolute atomic E-state index is 13.8. The number of carbonyl (C=O) groups is 2. The minimum absolute atomic E-state index is 0.0397. The van der Waals surface area contributed by atoms with E-state index in [1.807, 2.05) is 78.8 Å². The van der Waals surface area contributed by atoms with Gasteiger partial charge < -0.3 is 19.3 Å². The van der Waals surface area contributed by atoms with Crippen LogP contribution in [-0.2, 0) is 16.1 Å². The molecule has 2 atom stereocenters. The summed E-state index contributed by atoms with van der Waals surface area (Å²) in [6.45, 7) is 3.56. The zero-order valence-corrected chi connectivity index (χ0v) is 20.2. The molecule has 2 aliphatic rings. The molecule has 0 spiro atoms. The Bertz CT molecular complexity index is 1180. The second-order valence-electron chi connectivity index (χ2n) is 8.88. The molecule has 0 bridgehead atoms. The van der Waals surface area contributed by atoms with E-state index in [0.29, 0.717) is 32.6 Å². The lowest BCUT2D eigenvalue weighted by Gasteiger charge is -2.41. The van der Waals surface area contributed by atoms with Crippen LogP contribution in [0.2, 0.25) is 0 Å². The summed E-state index contributed by atoms with van der Waals surface area (Å²) in [5.41, 5.74) is 2.95. The Hall–Kier alpha value is -3.32. The lowest BCUT2D eigenvalue weighted by Crippen LogP contribution is -2.48. The zero-order valence-electron chi connectivity index (χ0n) is 19.4. The first-order valence-electron chi connectivity index (χ1n) is 11.6. The minimum Gasteiger partial charge on any atom is -0.486 e. The van der Waals surface area contributed by atoms with E-state index >= 15 is 0 Å². The number of anilines is 1. The highest BCUT2D eigenvalue weighted by atomic mass is 32.1. The van der Waals surface area contributed by atoms with Gasteiger partial charge in [0.15, 0.2) is 11.5 Å². The fourth-order valence-electron chi connectivity index (χ4n) is 4.77. The van der Waals surface area contributed by atoms with E-state index in [1.165, 1.54) is 0 Å². The van der Waals surface area contributed by atoms with Crippen molar-refractivity contribution in [2.45, 2.75) is 32.4 Å². The normalized spacial score (nSPS) is 19.7. The first kappa shape index (κ1) is 22.5. The third-order valence-electron chi connectivity index (χ3n) is 6.46.